The molecule has 0 radical (unpaired) electrons. The Morgan fingerprint density at radius 2 is 1.74 bits per heavy atom. The number of urea groups is 1. The molecule has 0 fully saturated rings. The van der Waals surface area contributed by atoms with Crippen LogP contribution in [-0.4, -0.2) is 21.7 Å². The average Bonchev–Trinajstić information content (AvgIpc) is 2.72. The summed E-state index contributed by atoms with van der Waals surface area (Å²) in [5, 5.41) is 15.0. The molecule has 1 atom stereocenters. The van der Waals surface area contributed by atoms with E-state index in [2.05, 4.69) is 10.6 Å². The number of rotatable bonds is 7. The lowest BCUT2D eigenvalue weighted by molar-refractivity contribution is -0.137. The molecule has 0 saturated carbocycles. The van der Waals surface area contributed by atoms with Crippen LogP contribution >= 0.6 is 11.6 Å². The summed E-state index contributed by atoms with van der Waals surface area (Å²) in [6, 6.07) is 16.1. The summed E-state index contributed by atoms with van der Waals surface area (Å²) in [6.45, 7) is 2.23. The van der Waals surface area contributed by atoms with Crippen LogP contribution in [0.3, 0.4) is 0 Å². The van der Waals surface area contributed by atoms with Gasteiger partial charge >= 0.3 is 12.0 Å². The van der Waals surface area contributed by atoms with Gasteiger partial charge in [-0.25, -0.2) is 4.79 Å². The van der Waals surface area contributed by atoms with Crippen molar-refractivity contribution in [3.63, 3.8) is 0 Å². The molecular formula is C23H22ClN3O4. The Kier molecular flexibility index (Phi) is 7.10. The monoisotopic (exact) mass is 439 g/mol. The maximum absolute atomic E-state index is 12.7. The van der Waals surface area contributed by atoms with Gasteiger partial charge in [-0.05, 0) is 42.3 Å². The van der Waals surface area contributed by atoms with Gasteiger partial charge < -0.3 is 20.3 Å². The number of hydrogen-bond acceptors (Lipinski definition) is 3. The van der Waals surface area contributed by atoms with Crippen LogP contribution in [0.1, 0.15) is 29.2 Å². The van der Waals surface area contributed by atoms with E-state index in [0.29, 0.717) is 17.1 Å². The summed E-state index contributed by atoms with van der Waals surface area (Å²) in [5.41, 5.74) is 2.28. The Hall–Kier alpha value is -3.58. The van der Waals surface area contributed by atoms with E-state index in [1.807, 2.05) is 31.2 Å². The van der Waals surface area contributed by atoms with Gasteiger partial charge in [-0.1, -0.05) is 53.6 Å². The lowest BCUT2D eigenvalue weighted by atomic mass is 10.0. The van der Waals surface area contributed by atoms with Crippen LogP contribution in [0.4, 0.5) is 10.5 Å². The zero-order valence-corrected chi connectivity index (χ0v) is 17.6. The third-order valence-corrected chi connectivity index (χ3v) is 4.95. The molecule has 0 aliphatic heterocycles. The van der Waals surface area contributed by atoms with Crippen molar-refractivity contribution in [2.75, 3.05) is 5.32 Å². The van der Waals surface area contributed by atoms with E-state index in [1.54, 1.807) is 36.5 Å². The molecule has 0 unspecified atom stereocenters. The molecule has 0 spiro atoms. The summed E-state index contributed by atoms with van der Waals surface area (Å²) >= 11 is 5.89. The number of anilines is 1. The van der Waals surface area contributed by atoms with Crippen LogP contribution in [0.25, 0.3) is 0 Å². The SMILES string of the molecule is Cc1ccc([C@H](CC(=O)O)NC(=O)Nc2cccn(Cc3ccc(Cl)cc3)c2=O)cc1. The zero-order valence-electron chi connectivity index (χ0n) is 16.8. The number of benzene rings is 2. The van der Waals surface area contributed by atoms with Gasteiger partial charge in [-0.2, -0.15) is 0 Å². The molecule has 2 amide bonds. The fraction of sp³-hybridized carbons (Fsp3) is 0.174. The number of carbonyl (C=O) groups excluding carboxylic acids is 1. The average molecular weight is 440 g/mol. The number of carboxylic acids is 1. The Bertz CT molecular complexity index is 1120. The third kappa shape index (κ3) is 6.20. The first kappa shape index (κ1) is 22.1. The van der Waals surface area contributed by atoms with E-state index in [4.69, 9.17) is 11.6 Å². The normalized spacial score (nSPS) is 11.5. The Morgan fingerprint density at radius 1 is 1.06 bits per heavy atom. The van der Waals surface area contributed by atoms with Gasteiger partial charge in [0, 0.05) is 11.2 Å². The molecule has 0 aliphatic carbocycles. The number of carbonyl (C=O) groups is 2. The van der Waals surface area contributed by atoms with Gasteiger partial charge in [0.2, 0.25) is 0 Å². The van der Waals surface area contributed by atoms with Crippen LogP contribution in [0.15, 0.2) is 71.7 Å². The first-order valence-corrected chi connectivity index (χ1v) is 9.99. The molecule has 8 heteroatoms. The highest BCUT2D eigenvalue weighted by molar-refractivity contribution is 6.30. The summed E-state index contributed by atoms with van der Waals surface area (Å²) in [5.74, 6) is -1.05. The number of halogens is 1. The van der Waals surface area contributed by atoms with Crippen molar-refractivity contribution in [1.82, 2.24) is 9.88 Å². The van der Waals surface area contributed by atoms with Gasteiger partial charge in [0.25, 0.3) is 5.56 Å². The predicted octanol–water partition coefficient (Wildman–Crippen LogP) is 4.20. The van der Waals surface area contributed by atoms with Crippen molar-refractivity contribution in [1.29, 1.82) is 0 Å². The number of aromatic nitrogens is 1. The number of amides is 2. The van der Waals surface area contributed by atoms with Gasteiger partial charge in [0.15, 0.2) is 0 Å². The van der Waals surface area contributed by atoms with Crippen molar-refractivity contribution in [3.05, 3.63) is 98.9 Å². The summed E-state index contributed by atoms with van der Waals surface area (Å²) < 4.78 is 1.47. The number of aliphatic carboxylic acids is 1. The second-order valence-corrected chi connectivity index (χ2v) is 7.58. The number of hydrogen-bond donors (Lipinski definition) is 3. The molecule has 160 valence electrons. The standard InChI is InChI=1S/C23H22ClN3O4/c1-15-4-8-17(9-5-15)20(13-21(28)29)26-23(31)25-19-3-2-12-27(22(19)30)14-16-6-10-18(24)11-7-16/h2-12,20H,13-14H2,1H3,(H,28,29)(H2,25,26,31)/t20-/m0/s1. The van der Waals surface area contributed by atoms with Crippen molar-refractivity contribution >= 4 is 29.3 Å². The number of carboxylic acid groups (broad SMARTS) is 1. The van der Waals surface area contributed by atoms with Gasteiger partial charge in [0.1, 0.15) is 5.69 Å². The molecule has 1 heterocycles. The quantitative estimate of drug-likeness (QED) is 0.513. The van der Waals surface area contributed by atoms with Crippen LogP contribution in [0.5, 0.6) is 0 Å². The van der Waals surface area contributed by atoms with Crippen molar-refractivity contribution in [2.24, 2.45) is 0 Å². The fourth-order valence-electron chi connectivity index (χ4n) is 3.09. The molecule has 2 aromatic carbocycles. The number of nitrogens with one attached hydrogen (secondary N) is 2. The Balaban J connectivity index is 1.74. The molecule has 0 aliphatic rings. The number of nitrogens with zero attached hydrogens (tertiary/aromatic N) is 1. The first-order valence-electron chi connectivity index (χ1n) is 9.61. The summed E-state index contributed by atoms with van der Waals surface area (Å²) in [4.78, 5) is 36.5. The number of pyridine rings is 1. The molecule has 0 saturated heterocycles. The molecule has 1 aromatic heterocycles. The van der Waals surface area contributed by atoms with Crippen LogP contribution < -0.4 is 16.2 Å². The maximum Gasteiger partial charge on any atom is 0.319 e. The van der Waals surface area contributed by atoms with E-state index < -0.39 is 18.0 Å². The second kappa shape index (κ2) is 9.95. The van der Waals surface area contributed by atoms with Crippen LogP contribution in [-0.2, 0) is 11.3 Å². The van der Waals surface area contributed by atoms with Gasteiger partial charge in [0.05, 0.1) is 19.0 Å². The minimum absolute atomic E-state index is 0.0898. The van der Waals surface area contributed by atoms with E-state index in [9.17, 15) is 19.5 Å². The lowest BCUT2D eigenvalue weighted by Gasteiger charge is -2.18. The topological polar surface area (TPSA) is 100 Å². The van der Waals surface area contributed by atoms with Crippen molar-refractivity contribution < 1.29 is 14.7 Å². The molecule has 0 bridgehead atoms. The van der Waals surface area contributed by atoms with E-state index >= 15 is 0 Å². The summed E-state index contributed by atoms with van der Waals surface area (Å²) in [7, 11) is 0. The van der Waals surface area contributed by atoms with E-state index in [-0.39, 0.29) is 17.7 Å². The van der Waals surface area contributed by atoms with Gasteiger partial charge in [-0.15, -0.1) is 0 Å². The largest absolute Gasteiger partial charge is 0.481 e. The van der Waals surface area contributed by atoms with Crippen molar-refractivity contribution in [2.45, 2.75) is 25.9 Å². The molecular weight excluding hydrogens is 418 g/mol. The predicted molar refractivity (Wildman–Crippen MR) is 120 cm³/mol. The highest BCUT2D eigenvalue weighted by Gasteiger charge is 2.19. The Morgan fingerprint density at radius 3 is 2.39 bits per heavy atom. The van der Waals surface area contributed by atoms with Crippen molar-refractivity contribution in [3.8, 4) is 0 Å². The van der Waals surface area contributed by atoms with E-state index in [0.717, 1.165) is 11.1 Å². The number of aryl methyl sites for hydroxylation is 1. The fourth-order valence-corrected chi connectivity index (χ4v) is 3.21. The molecule has 3 rings (SSSR count). The molecule has 31 heavy (non-hydrogen) atoms. The third-order valence-electron chi connectivity index (χ3n) is 4.70. The second-order valence-electron chi connectivity index (χ2n) is 7.14. The van der Waals surface area contributed by atoms with Crippen LogP contribution in [0, 0.1) is 6.92 Å². The highest BCUT2D eigenvalue weighted by Crippen LogP contribution is 2.18. The lowest BCUT2D eigenvalue weighted by Crippen LogP contribution is -2.36. The zero-order chi connectivity index (χ0) is 22.4. The van der Waals surface area contributed by atoms with Gasteiger partial charge in [-0.3, -0.25) is 9.59 Å². The molecule has 3 aromatic rings. The van der Waals surface area contributed by atoms with Crippen LogP contribution in [0.2, 0.25) is 5.02 Å². The minimum atomic E-state index is -1.05. The van der Waals surface area contributed by atoms with E-state index in [1.165, 1.54) is 10.6 Å². The smallest absolute Gasteiger partial charge is 0.319 e. The first-order chi connectivity index (χ1) is 14.8. The molecule has 7 nitrogen and oxygen atoms in total. The summed E-state index contributed by atoms with van der Waals surface area (Å²) in [6.07, 6.45) is 1.34. The maximum atomic E-state index is 12.7. The molecule has 3 N–H and O–H groups in total. The minimum Gasteiger partial charge on any atom is -0.481 e. The highest BCUT2D eigenvalue weighted by atomic mass is 35.5. The Labute approximate surface area is 184 Å².